The lowest BCUT2D eigenvalue weighted by molar-refractivity contribution is 0.453. The van der Waals surface area contributed by atoms with Gasteiger partial charge in [-0.05, 0) is 25.1 Å². The van der Waals surface area contributed by atoms with E-state index in [0.717, 1.165) is 5.57 Å². The summed E-state index contributed by atoms with van der Waals surface area (Å²) in [5.41, 5.74) is 6.66. The highest BCUT2D eigenvalue weighted by Crippen LogP contribution is 2.24. The Morgan fingerprint density at radius 1 is 1.50 bits per heavy atom. The van der Waals surface area contributed by atoms with Gasteiger partial charge in [-0.3, -0.25) is 0 Å². The number of sulfonamides is 1. The molecule has 0 saturated carbocycles. The first-order valence-electron chi connectivity index (χ1n) is 5.48. The predicted molar refractivity (Wildman–Crippen MR) is 75.1 cm³/mol. The van der Waals surface area contributed by atoms with Crippen molar-refractivity contribution in [1.82, 2.24) is 4.31 Å². The van der Waals surface area contributed by atoms with Crippen LogP contribution in [0.15, 0.2) is 35.2 Å². The van der Waals surface area contributed by atoms with Crippen LogP contribution in [-0.2, 0) is 10.0 Å². The quantitative estimate of drug-likeness (QED) is 0.669. The summed E-state index contributed by atoms with van der Waals surface area (Å²) < 4.78 is 26.0. The van der Waals surface area contributed by atoms with Crippen LogP contribution in [0.2, 0.25) is 5.02 Å². The zero-order valence-electron chi connectivity index (χ0n) is 10.5. The number of nitrogens with two attached hydrogens (primary N) is 1. The zero-order valence-corrected chi connectivity index (χ0v) is 12.1. The van der Waals surface area contributed by atoms with Crippen molar-refractivity contribution in [2.24, 2.45) is 0 Å². The molecule has 0 saturated heterocycles. The molecule has 0 amide bonds. The Balaban J connectivity index is 3.18. The molecule has 0 aromatic heterocycles. The van der Waals surface area contributed by atoms with Crippen molar-refractivity contribution in [3.05, 3.63) is 35.4 Å². The summed E-state index contributed by atoms with van der Waals surface area (Å²) in [4.78, 5) is 0.146. The molecule has 1 aromatic rings. The number of halogens is 1. The van der Waals surface area contributed by atoms with Crippen molar-refractivity contribution >= 4 is 27.3 Å². The third kappa shape index (κ3) is 3.25. The number of benzene rings is 1. The molecule has 0 radical (unpaired) electrons. The molecule has 0 fully saturated rings. The van der Waals surface area contributed by atoms with E-state index >= 15 is 0 Å². The first-order chi connectivity index (χ1) is 8.28. The van der Waals surface area contributed by atoms with Gasteiger partial charge in [-0.1, -0.05) is 30.7 Å². The molecule has 0 atom stereocenters. The zero-order chi connectivity index (χ0) is 13.9. The van der Waals surface area contributed by atoms with Gasteiger partial charge < -0.3 is 5.73 Å². The Kier molecular flexibility index (Phi) is 4.78. The Morgan fingerprint density at radius 2 is 2.11 bits per heavy atom. The summed E-state index contributed by atoms with van der Waals surface area (Å²) in [5.74, 6) is 0. The van der Waals surface area contributed by atoms with Gasteiger partial charge in [0.25, 0.3) is 0 Å². The predicted octanol–water partition coefficient (Wildman–Crippen LogP) is 2.51. The summed E-state index contributed by atoms with van der Waals surface area (Å²) in [6, 6.07) is 4.31. The minimum absolute atomic E-state index is 0.146. The van der Waals surface area contributed by atoms with Crippen molar-refractivity contribution < 1.29 is 8.42 Å². The average molecular weight is 289 g/mol. The van der Waals surface area contributed by atoms with E-state index in [4.69, 9.17) is 17.3 Å². The standard InChI is InChI=1S/C12H17ClN2O2S/c1-4-15(8-9(2)3)18(16,17)10-5-6-11(13)12(14)7-10/h5-7H,2,4,8,14H2,1,3H3. The lowest BCUT2D eigenvalue weighted by Gasteiger charge is -2.20. The van der Waals surface area contributed by atoms with E-state index in [1.165, 1.54) is 22.5 Å². The van der Waals surface area contributed by atoms with Crippen LogP contribution in [0.1, 0.15) is 13.8 Å². The van der Waals surface area contributed by atoms with Crippen LogP contribution >= 0.6 is 11.6 Å². The second kappa shape index (κ2) is 5.73. The van der Waals surface area contributed by atoms with Crippen LogP contribution in [0.4, 0.5) is 5.69 Å². The molecule has 18 heavy (non-hydrogen) atoms. The van der Waals surface area contributed by atoms with Crippen molar-refractivity contribution in [2.45, 2.75) is 18.7 Å². The normalized spacial score (nSPS) is 11.8. The van der Waals surface area contributed by atoms with E-state index in [1.54, 1.807) is 13.8 Å². The van der Waals surface area contributed by atoms with E-state index in [0.29, 0.717) is 18.1 Å². The van der Waals surface area contributed by atoms with Gasteiger partial charge >= 0.3 is 0 Å². The lowest BCUT2D eigenvalue weighted by atomic mass is 10.3. The number of hydrogen-bond donors (Lipinski definition) is 1. The van der Waals surface area contributed by atoms with Gasteiger partial charge in [-0.2, -0.15) is 4.31 Å². The summed E-state index contributed by atoms with van der Waals surface area (Å²) in [5, 5.41) is 0.344. The molecule has 6 heteroatoms. The van der Waals surface area contributed by atoms with Gasteiger partial charge in [0, 0.05) is 13.1 Å². The first kappa shape index (κ1) is 15.0. The van der Waals surface area contributed by atoms with Crippen LogP contribution in [0.25, 0.3) is 0 Å². The van der Waals surface area contributed by atoms with Gasteiger partial charge in [-0.25, -0.2) is 8.42 Å². The number of hydrogen-bond acceptors (Lipinski definition) is 3. The molecule has 0 aliphatic carbocycles. The second-order valence-electron chi connectivity index (χ2n) is 4.07. The van der Waals surface area contributed by atoms with E-state index in [-0.39, 0.29) is 10.6 Å². The lowest BCUT2D eigenvalue weighted by Crippen LogP contribution is -2.32. The maximum atomic E-state index is 12.3. The molecule has 0 spiro atoms. The summed E-state index contributed by atoms with van der Waals surface area (Å²) in [6.45, 7) is 7.96. The number of anilines is 1. The minimum atomic E-state index is -3.55. The van der Waals surface area contributed by atoms with Crippen LogP contribution in [0.5, 0.6) is 0 Å². The highest BCUT2D eigenvalue weighted by Gasteiger charge is 2.23. The fourth-order valence-corrected chi connectivity index (χ4v) is 3.16. The van der Waals surface area contributed by atoms with Crippen LogP contribution in [0, 0.1) is 0 Å². The summed E-state index contributed by atoms with van der Waals surface area (Å²) in [6.07, 6.45) is 0. The van der Waals surface area contributed by atoms with Gasteiger partial charge in [0.15, 0.2) is 0 Å². The number of likely N-dealkylation sites (N-methyl/N-ethyl adjacent to an activating group) is 1. The highest BCUT2D eigenvalue weighted by molar-refractivity contribution is 7.89. The molecule has 0 aliphatic rings. The average Bonchev–Trinajstić information content (AvgIpc) is 2.28. The van der Waals surface area contributed by atoms with Crippen molar-refractivity contribution in [3.63, 3.8) is 0 Å². The first-order valence-corrected chi connectivity index (χ1v) is 7.30. The van der Waals surface area contributed by atoms with Gasteiger partial charge in [0.05, 0.1) is 15.6 Å². The topological polar surface area (TPSA) is 63.4 Å². The monoisotopic (exact) mass is 288 g/mol. The molecule has 1 aromatic carbocycles. The van der Waals surface area contributed by atoms with E-state index in [9.17, 15) is 8.42 Å². The third-order valence-corrected chi connectivity index (χ3v) is 4.67. The maximum absolute atomic E-state index is 12.3. The molecule has 1 rings (SSSR count). The van der Waals surface area contributed by atoms with E-state index < -0.39 is 10.0 Å². The Bertz CT molecular complexity index is 555. The van der Waals surface area contributed by atoms with E-state index in [1.807, 2.05) is 0 Å². The smallest absolute Gasteiger partial charge is 0.243 e. The third-order valence-electron chi connectivity index (χ3n) is 2.40. The molecule has 0 bridgehead atoms. The Morgan fingerprint density at radius 3 is 2.56 bits per heavy atom. The van der Waals surface area contributed by atoms with Gasteiger partial charge in [0.1, 0.15) is 0 Å². The van der Waals surface area contributed by atoms with Crippen LogP contribution in [-0.4, -0.2) is 25.8 Å². The molecule has 0 aliphatic heterocycles. The molecular weight excluding hydrogens is 272 g/mol. The van der Waals surface area contributed by atoms with Gasteiger partial charge in [0.2, 0.25) is 10.0 Å². The fourth-order valence-electron chi connectivity index (χ4n) is 1.50. The largest absolute Gasteiger partial charge is 0.397 e. The molecule has 100 valence electrons. The van der Waals surface area contributed by atoms with Crippen molar-refractivity contribution in [2.75, 3.05) is 18.8 Å². The number of nitrogen functional groups attached to an aromatic ring is 1. The second-order valence-corrected chi connectivity index (χ2v) is 6.42. The molecule has 4 nitrogen and oxygen atoms in total. The number of rotatable bonds is 5. The molecule has 0 unspecified atom stereocenters. The highest BCUT2D eigenvalue weighted by atomic mass is 35.5. The van der Waals surface area contributed by atoms with Crippen LogP contribution in [0.3, 0.4) is 0 Å². The van der Waals surface area contributed by atoms with E-state index in [2.05, 4.69) is 6.58 Å². The minimum Gasteiger partial charge on any atom is -0.397 e. The molecule has 2 N–H and O–H groups in total. The summed E-state index contributed by atoms with van der Waals surface area (Å²) in [7, 11) is -3.55. The number of nitrogens with zero attached hydrogens (tertiary/aromatic N) is 1. The van der Waals surface area contributed by atoms with Crippen molar-refractivity contribution in [1.29, 1.82) is 0 Å². The SMILES string of the molecule is C=C(C)CN(CC)S(=O)(=O)c1ccc(Cl)c(N)c1. The van der Waals surface area contributed by atoms with Crippen LogP contribution < -0.4 is 5.73 Å². The van der Waals surface area contributed by atoms with Crippen molar-refractivity contribution in [3.8, 4) is 0 Å². The fraction of sp³-hybridized carbons (Fsp3) is 0.333. The van der Waals surface area contributed by atoms with Gasteiger partial charge in [-0.15, -0.1) is 0 Å². The maximum Gasteiger partial charge on any atom is 0.243 e. The Labute approximate surface area is 113 Å². The molecular formula is C12H17ClN2O2S. The Hall–Kier alpha value is -1.04. The molecule has 0 heterocycles. The summed E-state index contributed by atoms with van der Waals surface area (Å²) >= 11 is 5.78.